The summed E-state index contributed by atoms with van der Waals surface area (Å²) < 4.78 is 0. The van der Waals surface area contributed by atoms with Crippen LogP contribution in [-0.4, -0.2) is 41.9 Å². The number of hydrogen-bond donors (Lipinski definition) is 1. The molecule has 1 aliphatic carbocycles. The van der Waals surface area contributed by atoms with Gasteiger partial charge >= 0.3 is 0 Å². The van der Waals surface area contributed by atoms with Gasteiger partial charge in [0, 0.05) is 43.9 Å². The zero-order chi connectivity index (χ0) is 21.4. The Labute approximate surface area is 181 Å². The normalized spacial score (nSPS) is 22.6. The van der Waals surface area contributed by atoms with Gasteiger partial charge in [-0.25, -0.2) is 0 Å². The zero-order valence-electron chi connectivity index (χ0n) is 17.2. The van der Waals surface area contributed by atoms with E-state index in [1.54, 1.807) is 0 Å². The minimum atomic E-state index is -0.464. The first-order valence-corrected chi connectivity index (χ1v) is 10.8. The molecular formula is C25H25N3O3. The first-order chi connectivity index (χ1) is 15.1. The number of nitrogens with one attached hydrogen (secondary N) is 1. The van der Waals surface area contributed by atoms with E-state index in [-0.39, 0.29) is 11.6 Å². The van der Waals surface area contributed by atoms with E-state index in [4.69, 9.17) is 0 Å². The Hall–Kier alpha value is -3.25. The van der Waals surface area contributed by atoms with E-state index >= 15 is 0 Å². The summed E-state index contributed by atoms with van der Waals surface area (Å²) >= 11 is 0. The van der Waals surface area contributed by atoms with Gasteiger partial charge in [-0.05, 0) is 52.6 Å². The number of rotatable bonds is 6. The molecule has 3 unspecified atom stereocenters. The van der Waals surface area contributed by atoms with Crippen LogP contribution in [-0.2, 0) is 0 Å². The maximum atomic E-state index is 12.3. The van der Waals surface area contributed by atoms with E-state index in [2.05, 4.69) is 52.7 Å². The number of fused-ring (bicyclic) bond motifs is 2. The molecule has 158 valence electrons. The lowest BCUT2D eigenvalue weighted by molar-refractivity contribution is -0.384. The SMILES string of the molecule is O=C(NCCN1CC2CC(c3ccc4ccccc4c3)C2C1)c1ccc([N+](=O)[O-])cc1. The second-order valence-electron chi connectivity index (χ2n) is 8.69. The number of hydrogen-bond acceptors (Lipinski definition) is 4. The summed E-state index contributed by atoms with van der Waals surface area (Å²) in [5.41, 5.74) is 1.89. The number of benzene rings is 3. The molecule has 0 spiro atoms. The Morgan fingerprint density at radius 1 is 1.03 bits per heavy atom. The van der Waals surface area contributed by atoms with Crippen LogP contribution in [0.4, 0.5) is 5.69 Å². The van der Waals surface area contributed by atoms with E-state index in [0.29, 0.717) is 23.9 Å². The molecule has 1 heterocycles. The molecule has 0 radical (unpaired) electrons. The van der Waals surface area contributed by atoms with Gasteiger partial charge < -0.3 is 10.2 Å². The average molecular weight is 415 g/mol. The lowest BCUT2D eigenvalue weighted by Gasteiger charge is -2.40. The van der Waals surface area contributed by atoms with Crippen molar-refractivity contribution in [2.75, 3.05) is 26.2 Å². The third kappa shape index (κ3) is 3.91. The molecule has 1 N–H and O–H groups in total. The number of non-ortho nitro benzene ring substituents is 1. The van der Waals surface area contributed by atoms with E-state index in [1.807, 2.05) is 0 Å². The quantitative estimate of drug-likeness (QED) is 0.483. The molecule has 1 amide bonds. The summed E-state index contributed by atoms with van der Waals surface area (Å²) in [6.07, 6.45) is 1.24. The molecule has 3 aromatic carbocycles. The van der Waals surface area contributed by atoms with Crippen molar-refractivity contribution in [2.45, 2.75) is 12.3 Å². The third-order valence-electron chi connectivity index (χ3n) is 6.90. The van der Waals surface area contributed by atoms with Crippen LogP contribution >= 0.6 is 0 Å². The molecule has 3 aromatic rings. The monoisotopic (exact) mass is 415 g/mol. The molecule has 1 saturated heterocycles. The average Bonchev–Trinajstić information content (AvgIpc) is 3.09. The maximum absolute atomic E-state index is 12.3. The summed E-state index contributed by atoms with van der Waals surface area (Å²) in [6.45, 7) is 3.59. The molecule has 0 aromatic heterocycles. The second kappa shape index (κ2) is 8.12. The van der Waals surface area contributed by atoms with Gasteiger partial charge in [0.15, 0.2) is 0 Å². The Kier molecular flexibility index (Phi) is 5.16. The Bertz CT molecular complexity index is 1130. The van der Waals surface area contributed by atoms with Crippen LogP contribution in [0.15, 0.2) is 66.7 Å². The molecule has 6 heteroatoms. The fourth-order valence-corrected chi connectivity index (χ4v) is 5.17. The van der Waals surface area contributed by atoms with Crippen LogP contribution in [0.1, 0.15) is 28.3 Å². The van der Waals surface area contributed by atoms with E-state index in [1.165, 1.54) is 47.0 Å². The maximum Gasteiger partial charge on any atom is 0.269 e. The van der Waals surface area contributed by atoms with E-state index in [9.17, 15) is 14.9 Å². The second-order valence-corrected chi connectivity index (χ2v) is 8.69. The first kappa shape index (κ1) is 19.7. The fraction of sp³-hybridized carbons (Fsp3) is 0.320. The van der Waals surface area contributed by atoms with Crippen molar-refractivity contribution in [1.82, 2.24) is 10.2 Å². The van der Waals surface area contributed by atoms with Gasteiger partial charge in [-0.2, -0.15) is 0 Å². The largest absolute Gasteiger partial charge is 0.351 e. The standard InChI is InChI=1S/C25H25N3O3/c29-25(18-7-9-22(10-8-18)28(30)31)26-11-12-27-15-21-14-23(24(21)16-27)20-6-5-17-3-1-2-4-19(17)13-20/h1-10,13,21,23-24H,11-12,14-16H2,(H,26,29). The number of nitro groups is 1. The highest BCUT2D eigenvalue weighted by atomic mass is 16.6. The Balaban J connectivity index is 1.13. The molecule has 3 atom stereocenters. The van der Waals surface area contributed by atoms with E-state index < -0.39 is 4.92 Å². The van der Waals surface area contributed by atoms with Gasteiger partial charge in [0.25, 0.3) is 11.6 Å². The van der Waals surface area contributed by atoms with Crippen molar-refractivity contribution in [3.8, 4) is 0 Å². The van der Waals surface area contributed by atoms with Crippen LogP contribution < -0.4 is 5.32 Å². The van der Waals surface area contributed by atoms with Gasteiger partial charge in [0.1, 0.15) is 0 Å². The van der Waals surface area contributed by atoms with Gasteiger partial charge in [-0.3, -0.25) is 14.9 Å². The van der Waals surface area contributed by atoms with E-state index in [0.717, 1.165) is 25.6 Å². The van der Waals surface area contributed by atoms with Crippen LogP contribution in [0.25, 0.3) is 10.8 Å². The number of nitrogens with zero attached hydrogens (tertiary/aromatic N) is 2. The topological polar surface area (TPSA) is 75.5 Å². The molecule has 31 heavy (non-hydrogen) atoms. The van der Waals surface area contributed by atoms with Crippen molar-refractivity contribution in [2.24, 2.45) is 11.8 Å². The van der Waals surface area contributed by atoms with Crippen molar-refractivity contribution in [3.05, 3.63) is 88.0 Å². The molecule has 2 aliphatic rings. The Morgan fingerprint density at radius 3 is 2.58 bits per heavy atom. The van der Waals surface area contributed by atoms with Crippen molar-refractivity contribution in [1.29, 1.82) is 0 Å². The smallest absolute Gasteiger partial charge is 0.269 e. The van der Waals surface area contributed by atoms with Gasteiger partial charge in [0.05, 0.1) is 4.92 Å². The summed E-state index contributed by atoms with van der Waals surface area (Å²) in [5, 5.41) is 16.3. The number of amides is 1. The summed E-state index contributed by atoms with van der Waals surface area (Å²) in [4.78, 5) is 25.0. The summed E-state index contributed by atoms with van der Waals surface area (Å²) in [7, 11) is 0. The van der Waals surface area contributed by atoms with Crippen LogP contribution in [0.5, 0.6) is 0 Å². The van der Waals surface area contributed by atoms with Crippen molar-refractivity contribution < 1.29 is 9.72 Å². The number of likely N-dealkylation sites (tertiary alicyclic amines) is 1. The summed E-state index contributed by atoms with van der Waals surface area (Å²) in [6, 6.07) is 21.1. The molecule has 1 saturated carbocycles. The highest BCUT2D eigenvalue weighted by Crippen LogP contribution is 2.51. The van der Waals surface area contributed by atoms with Crippen LogP contribution in [0.2, 0.25) is 0 Å². The fourth-order valence-electron chi connectivity index (χ4n) is 5.17. The molecular weight excluding hydrogens is 390 g/mol. The van der Waals surface area contributed by atoms with Gasteiger partial charge in [0.2, 0.25) is 0 Å². The molecule has 2 fully saturated rings. The zero-order valence-corrected chi connectivity index (χ0v) is 17.2. The molecule has 0 bridgehead atoms. The van der Waals surface area contributed by atoms with Gasteiger partial charge in [-0.1, -0.05) is 42.5 Å². The van der Waals surface area contributed by atoms with Gasteiger partial charge in [-0.15, -0.1) is 0 Å². The molecule has 1 aliphatic heterocycles. The molecule has 6 nitrogen and oxygen atoms in total. The highest BCUT2D eigenvalue weighted by molar-refractivity contribution is 5.94. The van der Waals surface area contributed by atoms with Crippen molar-refractivity contribution in [3.63, 3.8) is 0 Å². The summed E-state index contributed by atoms with van der Waals surface area (Å²) in [5.74, 6) is 1.90. The first-order valence-electron chi connectivity index (χ1n) is 10.8. The number of carbonyl (C=O) groups is 1. The number of carbonyl (C=O) groups excluding carboxylic acids is 1. The van der Waals surface area contributed by atoms with Crippen LogP contribution in [0.3, 0.4) is 0 Å². The predicted molar refractivity (Wildman–Crippen MR) is 120 cm³/mol. The lowest BCUT2D eigenvalue weighted by Crippen LogP contribution is -2.34. The minimum absolute atomic E-state index is 0.00920. The lowest BCUT2D eigenvalue weighted by atomic mass is 9.64. The van der Waals surface area contributed by atoms with Crippen molar-refractivity contribution >= 4 is 22.4 Å². The third-order valence-corrected chi connectivity index (χ3v) is 6.90. The predicted octanol–water partition coefficient (Wildman–Crippen LogP) is 4.21. The number of nitro benzene ring substituents is 1. The minimum Gasteiger partial charge on any atom is -0.351 e. The Morgan fingerprint density at radius 2 is 1.81 bits per heavy atom. The van der Waals surface area contributed by atoms with Crippen LogP contribution in [0, 0.1) is 22.0 Å². The highest BCUT2D eigenvalue weighted by Gasteiger charge is 2.47. The molecule has 5 rings (SSSR count).